The zero-order valence-electron chi connectivity index (χ0n) is 13.0. The van der Waals surface area contributed by atoms with Gasteiger partial charge in [-0.05, 0) is 77.0 Å². The van der Waals surface area contributed by atoms with Crippen LogP contribution in [0.15, 0.2) is 39.3 Å². The highest BCUT2D eigenvalue weighted by Gasteiger charge is 2.25. The molecule has 0 aliphatic carbocycles. The molecule has 4 N–H and O–H groups in total. The highest BCUT2D eigenvalue weighted by molar-refractivity contribution is 9.13. The van der Waals surface area contributed by atoms with Gasteiger partial charge >= 0.3 is 0 Å². The Morgan fingerprint density at radius 3 is 2.04 bits per heavy atom. The molecule has 0 heterocycles. The average molecular weight is 541 g/mol. The maximum Gasteiger partial charge on any atom is 0.173 e. The van der Waals surface area contributed by atoms with Crippen molar-refractivity contribution in [3.63, 3.8) is 0 Å². The molecule has 2 aromatic rings. The van der Waals surface area contributed by atoms with E-state index < -0.39 is 4.51 Å². The molecule has 0 atom stereocenters. The molecule has 25 heavy (non-hydrogen) atoms. The summed E-state index contributed by atoms with van der Waals surface area (Å²) in [5.41, 5.74) is 2.73. The van der Waals surface area contributed by atoms with Crippen LogP contribution in [0.25, 0.3) is 0 Å². The van der Waals surface area contributed by atoms with Crippen molar-refractivity contribution in [2.75, 3.05) is 13.2 Å². The van der Waals surface area contributed by atoms with Crippen molar-refractivity contribution < 1.29 is 25.2 Å². The van der Waals surface area contributed by atoms with Gasteiger partial charge in [0.25, 0.3) is 0 Å². The normalized spacial score (nSPS) is 11.7. The maximum absolute atomic E-state index is 9.76. The van der Waals surface area contributed by atoms with E-state index in [1.54, 1.807) is 0 Å². The number of benzene rings is 2. The summed E-state index contributed by atoms with van der Waals surface area (Å²) in [5, 5.41) is 37.8. The van der Waals surface area contributed by atoms with Crippen LogP contribution in [0.2, 0.25) is 0 Å². The molecule has 0 amide bonds. The first kappa shape index (κ1) is 20.7. The number of hydrogen-bond acceptors (Lipinski definition) is 5. The molecule has 5 nitrogen and oxygen atoms in total. The van der Waals surface area contributed by atoms with E-state index in [0.717, 1.165) is 16.7 Å². The average Bonchev–Trinajstić information content (AvgIpc) is 2.63. The van der Waals surface area contributed by atoms with E-state index in [4.69, 9.17) is 4.74 Å². The quantitative estimate of drug-likeness (QED) is 0.317. The second-order valence-corrected chi connectivity index (χ2v) is 8.54. The van der Waals surface area contributed by atoms with Crippen LogP contribution >= 0.6 is 47.8 Å². The number of alkyl halides is 1. The molecule has 0 bridgehead atoms. The molecule has 0 radical (unpaired) electrons. The Balaban J connectivity index is 2.09. The summed E-state index contributed by atoms with van der Waals surface area (Å²) in [6.07, 6.45) is 0.559. The molecule has 0 aliphatic heterocycles. The Morgan fingerprint density at radius 2 is 1.48 bits per heavy atom. The molecule has 0 spiro atoms. The molecule has 0 unspecified atom stereocenters. The van der Waals surface area contributed by atoms with Gasteiger partial charge in [-0.3, -0.25) is 0 Å². The Hall–Kier alpha value is -0.640. The number of halogens is 3. The lowest BCUT2D eigenvalue weighted by molar-refractivity contribution is -0.0487. The van der Waals surface area contributed by atoms with Crippen LogP contribution in [0.3, 0.4) is 0 Å². The lowest BCUT2D eigenvalue weighted by Crippen LogP contribution is -2.33. The number of phenolic OH excluding ortho intramolecular Hbond substituents is 2. The van der Waals surface area contributed by atoms with Gasteiger partial charge in [-0.2, -0.15) is 0 Å². The Bertz CT molecular complexity index is 730. The molecular formula is C17H17Br3O5. The van der Waals surface area contributed by atoms with Crippen LogP contribution in [-0.4, -0.2) is 38.2 Å². The van der Waals surface area contributed by atoms with Crippen molar-refractivity contribution in [1.29, 1.82) is 0 Å². The number of aliphatic hydroxyl groups excluding tert-OH is 2. The van der Waals surface area contributed by atoms with Crippen molar-refractivity contribution in [3.8, 4) is 11.5 Å². The summed E-state index contributed by atoms with van der Waals surface area (Å²) in [5.74, 6) is -0.383. The smallest absolute Gasteiger partial charge is 0.173 e. The maximum atomic E-state index is 9.76. The highest BCUT2D eigenvalue weighted by Crippen LogP contribution is 2.41. The van der Waals surface area contributed by atoms with Crippen molar-refractivity contribution in [3.05, 3.63) is 56.0 Å². The summed E-state index contributed by atoms with van der Waals surface area (Å²) in [6.45, 7) is -0.439. The van der Waals surface area contributed by atoms with Gasteiger partial charge in [-0.1, -0.05) is 24.3 Å². The first-order valence-electron chi connectivity index (χ1n) is 7.31. The Morgan fingerprint density at radius 1 is 0.920 bits per heavy atom. The fourth-order valence-electron chi connectivity index (χ4n) is 2.11. The summed E-state index contributed by atoms with van der Waals surface area (Å²) >= 11 is 9.80. The molecule has 2 aromatic carbocycles. The van der Waals surface area contributed by atoms with E-state index in [-0.39, 0.29) is 31.3 Å². The lowest BCUT2D eigenvalue weighted by atomic mass is 10.0. The molecule has 0 fully saturated rings. The summed E-state index contributed by atoms with van der Waals surface area (Å²) in [4.78, 5) is 0. The number of aliphatic hydroxyl groups is 2. The van der Waals surface area contributed by atoms with Gasteiger partial charge in [0.2, 0.25) is 0 Å². The minimum atomic E-state index is -1.15. The number of phenols is 2. The number of ether oxygens (including phenoxy) is 1. The third-order valence-corrected chi connectivity index (χ3v) is 6.56. The Kier molecular flexibility index (Phi) is 7.30. The SMILES string of the molecule is OCC(Br)(CO)OCc1ccc(Cc2cc(O)c(O)c(Br)c2Br)cc1. The van der Waals surface area contributed by atoms with Crippen LogP contribution in [0.1, 0.15) is 16.7 Å². The minimum Gasteiger partial charge on any atom is -0.504 e. The third-order valence-electron chi connectivity index (χ3n) is 3.62. The first-order chi connectivity index (χ1) is 11.8. The molecule has 2 rings (SSSR count). The van der Waals surface area contributed by atoms with Crippen molar-refractivity contribution >= 4 is 47.8 Å². The van der Waals surface area contributed by atoms with Gasteiger partial charge in [-0.15, -0.1) is 0 Å². The van der Waals surface area contributed by atoms with Crippen molar-refractivity contribution in [2.45, 2.75) is 17.5 Å². The zero-order valence-corrected chi connectivity index (χ0v) is 17.8. The van der Waals surface area contributed by atoms with Crippen LogP contribution < -0.4 is 0 Å². The predicted molar refractivity (Wildman–Crippen MR) is 105 cm³/mol. The lowest BCUT2D eigenvalue weighted by Gasteiger charge is -2.23. The fraction of sp³-hybridized carbons (Fsp3) is 0.294. The van der Waals surface area contributed by atoms with E-state index in [2.05, 4.69) is 47.8 Å². The third kappa shape index (κ3) is 5.18. The van der Waals surface area contributed by atoms with Crippen LogP contribution in [0, 0.1) is 0 Å². The molecular weight excluding hydrogens is 524 g/mol. The van der Waals surface area contributed by atoms with E-state index in [1.165, 1.54) is 6.07 Å². The van der Waals surface area contributed by atoms with Crippen LogP contribution in [-0.2, 0) is 17.8 Å². The number of rotatable bonds is 7. The standard InChI is InChI=1S/C17H17Br3O5/c18-14-12(6-13(23)16(24)15(14)19)5-10-1-3-11(4-2-10)7-25-17(20,8-21)9-22/h1-4,6,21-24H,5,7-9H2. The monoisotopic (exact) mass is 538 g/mol. The van der Waals surface area contributed by atoms with Gasteiger partial charge in [-0.25, -0.2) is 0 Å². The first-order valence-corrected chi connectivity index (χ1v) is 9.68. The second-order valence-electron chi connectivity index (χ2n) is 5.51. The van der Waals surface area contributed by atoms with E-state index in [9.17, 15) is 20.4 Å². The zero-order chi connectivity index (χ0) is 18.6. The summed E-state index contributed by atoms with van der Waals surface area (Å²) < 4.78 is 5.43. The van der Waals surface area contributed by atoms with Gasteiger partial charge in [0.1, 0.15) is 0 Å². The largest absolute Gasteiger partial charge is 0.504 e. The van der Waals surface area contributed by atoms with Gasteiger partial charge < -0.3 is 25.2 Å². The van der Waals surface area contributed by atoms with Gasteiger partial charge in [0.05, 0.1) is 24.3 Å². The molecule has 0 saturated carbocycles. The second kappa shape index (κ2) is 8.83. The van der Waals surface area contributed by atoms with Crippen molar-refractivity contribution in [2.24, 2.45) is 0 Å². The predicted octanol–water partition coefficient (Wildman–Crippen LogP) is 3.81. The number of hydrogen-bond donors (Lipinski definition) is 4. The Labute approximate surface area is 170 Å². The summed E-state index contributed by atoms with van der Waals surface area (Å²) in [7, 11) is 0. The van der Waals surface area contributed by atoms with Crippen LogP contribution in [0.4, 0.5) is 0 Å². The topological polar surface area (TPSA) is 90.2 Å². The van der Waals surface area contributed by atoms with E-state index >= 15 is 0 Å². The van der Waals surface area contributed by atoms with E-state index in [1.807, 2.05) is 24.3 Å². The summed E-state index contributed by atoms with van der Waals surface area (Å²) in [6, 6.07) is 9.15. The van der Waals surface area contributed by atoms with Gasteiger partial charge in [0.15, 0.2) is 16.0 Å². The molecule has 136 valence electrons. The van der Waals surface area contributed by atoms with Crippen LogP contribution in [0.5, 0.6) is 11.5 Å². The molecule has 0 aromatic heterocycles. The molecule has 0 aliphatic rings. The van der Waals surface area contributed by atoms with Crippen molar-refractivity contribution in [1.82, 2.24) is 0 Å². The number of aromatic hydroxyl groups is 2. The van der Waals surface area contributed by atoms with E-state index in [0.29, 0.717) is 15.4 Å². The fourth-order valence-corrected chi connectivity index (χ4v) is 3.12. The van der Waals surface area contributed by atoms with Gasteiger partial charge in [0, 0.05) is 4.47 Å². The molecule has 0 saturated heterocycles. The molecule has 8 heteroatoms. The minimum absolute atomic E-state index is 0.184. The highest BCUT2D eigenvalue weighted by atomic mass is 79.9.